The van der Waals surface area contributed by atoms with Crippen LogP contribution in [0.1, 0.15) is 23.7 Å². The number of aromatic hydroxyl groups is 1. The first kappa shape index (κ1) is 15.7. The van der Waals surface area contributed by atoms with E-state index >= 15 is 0 Å². The fourth-order valence-corrected chi connectivity index (χ4v) is 1.93. The van der Waals surface area contributed by atoms with E-state index in [-0.39, 0.29) is 18.3 Å². The average Bonchev–Trinajstić information content (AvgIpc) is 2.48. The van der Waals surface area contributed by atoms with Gasteiger partial charge in [0.15, 0.2) is 0 Å². The highest BCUT2D eigenvalue weighted by Crippen LogP contribution is 2.24. The molecule has 0 saturated carbocycles. The number of rotatable bonds is 4. The largest absolute Gasteiger partial charge is 0.505 e. The van der Waals surface area contributed by atoms with Crippen LogP contribution in [0.5, 0.6) is 5.75 Å². The van der Waals surface area contributed by atoms with Crippen LogP contribution in [0.4, 0.5) is 11.4 Å². The third-order valence-corrected chi connectivity index (χ3v) is 3.04. The lowest BCUT2D eigenvalue weighted by Crippen LogP contribution is -2.05. The van der Waals surface area contributed by atoms with Crippen molar-refractivity contribution < 1.29 is 15.0 Å². The molecule has 22 heavy (non-hydrogen) atoms. The molecule has 2 aromatic rings. The van der Waals surface area contributed by atoms with Crippen LogP contribution in [0, 0.1) is 6.92 Å². The quantitative estimate of drug-likeness (QED) is 0.755. The lowest BCUT2D eigenvalue weighted by Gasteiger charge is -2.07. The normalized spacial score (nSPS) is 10.9. The molecular weight excluding hydrogens is 282 g/mol. The fourth-order valence-electron chi connectivity index (χ4n) is 1.93. The Labute approximate surface area is 128 Å². The van der Waals surface area contributed by atoms with Gasteiger partial charge >= 0.3 is 0 Å². The number of carbonyl (C=O) groups excluding carboxylic acids is 1. The van der Waals surface area contributed by atoms with E-state index in [1.807, 2.05) is 0 Å². The van der Waals surface area contributed by atoms with Gasteiger partial charge in [0.05, 0.1) is 18.0 Å². The molecule has 0 atom stereocenters. The van der Waals surface area contributed by atoms with Crippen LogP contribution in [0.3, 0.4) is 0 Å². The van der Waals surface area contributed by atoms with Crippen molar-refractivity contribution in [3.05, 3.63) is 47.3 Å². The number of nitrogens with zero attached hydrogens (tertiary/aromatic N) is 2. The summed E-state index contributed by atoms with van der Waals surface area (Å²) in [6, 6.07) is 7.00. The average molecular weight is 299 g/mol. The second-order valence-electron chi connectivity index (χ2n) is 4.78. The molecule has 114 valence electrons. The smallest absolute Gasteiger partial charge is 0.221 e. The van der Waals surface area contributed by atoms with Gasteiger partial charge in [0, 0.05) is 36.1 Å². The molecule has 1 aromatic heterocycles. The minimum atomic E-state index is -0.242. The van der Waals surface area contributed by atoms with E-state index in [0.717, 1.165) is 0 Å². The number of nitrogens with one attached hydrogen (secondary N) is 1. The molecule has 2 rings (SSSR count). The van der Waals surface area contributed by atoms with Crippen LogP contribution in [-0.4, -0.2) is 27.3 Å². The molecule has 3 N–H and O–H groups in total. The second-order valence-corrected chi connectivity index (χ2v) is 4.78. The topological polar surface area (TPSA) is 94.8 Å². The van der Waals surface area contributed by atoms with Crippen LogP contribution in [0.25, 0.3) is 0 Å². The summed E-state index contributed by atoms with van der Waals surface area (Å²) in [5.74, 6) is -0.167. The minimum Gasteiger partial charge on any atom is -0.505 e. The molecule has 1 amide bonds. The molecule has 0 aliphatic carbocycles. The third-order valence-electron chi connectivity index (χ3n) is 3.04. The lowest BCUT2D eigenvalue weighted by molar-refractivity contribution is -0.114. The molecule has 0 saturated heterocycles. The predicted octanol–water partition coefficient (Wildman–Crippen LogP) is 2.30. The molecule has 0 aliphatic heterocycles. The molecule has 1 heterocycles. The minimum absolute atomic E-state index is 0.00619. The van der Waals surface area contributed by atoms with E-state index in [1.165, 1.54) is 19.3 Å². The summed E-state index contributed by atoms with van der Waals surface area (Å²) in [5, 5.41) is 22.0. The van der Waals surface area contributed by atoms with E-state index < -0.39 is 0 Å². The van der Waals surface area contributed by atoms with E-state index in [2.05, 4.69) is 15.3 Å². The Hall–Kier alpha value is -2.73. The number of aliphatic hydroxyl groups excluding tert-OH is 1. The number of carbonyl (C=O) groups is 1. The summed E-state index contributed by atoms with van der Waals surface area (Å²) >= 11 is 0. The highest BCUT2D eigenvalue weighted by molar-refractivity contribution is 5.90. The van der Waals surface area contributed by atoms with Crippen molar-refractivity contribution >= 4 is 23.5 Å². The summed E-state index contributed by atoms with van der Waals surface area (Å²) in [4.78, 5) is 19.3. The first-order chi connectivity index (χ1) is 10.5. The van der Waals surface area contributed by atoms with E-state index in [4.69, 9.17) is 0 Å². The van der Waals surface area contributed by atoms with E-state index in [0.29, 0.717) is 28.2 Å². The monoisotopic (exact) mass is 299 g/mol. The van der Waals surface area contributed by atoms with Gasteiger partial charge in [-0.25, -0.2) is 0 Å². The first-order valence-corrected chi connectivity index (χ1v) is 6.71. The van der Waals surface area contributed by atoms with Gasteiger partial charge in [0.1, 0.15) is 5.75 Å². The van der Waals surface area contributed by atoms with Crippen molar-refractivity contribution in [2.45, 2.75) is 20.5 Å². The number of pyridine rings is 1. The highest BCUT2D eigenvalue weighted by atomic mass is 16.3. The summed E-state index contributed by atoms with van der Waals surface area (Å²) in [6.07, 6.45) is 2.98. The Morgan fingerprint density at radius 2 is 2.23 bits per heavy atom. The Bertz CT molecular complexity index is 727. The van der Waals surface area contributed by atoms with Crippen LogP contribution >= 0.6 is 0 Å². The first-order valence-electron chi connectivity index (χ1n) is 6.71. The number of benzene rings is 1. The fraction of sp³-hybridized carbons (Fsp3) is 0.188. The van der Waals surface area contributed by atoms with Crippen molar-refractivity contribution in [3.8, 4) is 5.75 Å². The summed E-state index contributed by atoms with van der Waals surface area (Å²) < 4.78 is 0. The number of aliphatic imine (C=N–C) groups is 1. The number of anilines is 1. The van der Waals surface area contributed by atoms with Crippen molar-refractivity contribution in [2.75, 3.05) is 5.32 Å². The molecule has 0 aliphatic rings. The number of aromatic nitrogens is 1. The number of aryl methyl sites for hydroxylation is 1. The van der Waals surface area contributed by atoms with Gasteiger partial charge in [0.25, 0.3) is 0 Å². The summed E-state index contributed by atoms with van der Waals surface area (Å²) in [5.41, 5.74) is 2.64. The Morgan fingerprint density at radius 3 is 2.91 bits per heavy atom. The zero-order chi connectivity index (χ0) is 16.1. The van der Waals surface area contributed by atoms with Gasteiger partial charge < -0.3 is 15.5 Å². The molecule has 1 aromatic carbocycles. The molecular formula is C16H17N3O3. The number of hydrogen-bond donors (Lipinski definition) is 3. The zero-order valence-electron chi connectivity index (χ0n) is 12.4. The molecule has 0 fully saturated rings. The highest BCUT2D eigenvalue weighted by Gasteiger charge is 2.09. The SMILES string of the molecule is CC(=O)Nc1cccc(N=Cc2c(CO)cnc(C)c2O)c1. The zero-order valence-corrected chi connectivity index (χ0v) is 12.4. The van der Waals surface area contributed by atoms with Crippen LogP contribution in [-0.2, 0) is 11.4 Å². The molecule has 6 nitrogen and oxygen atoms in total. The lowest BCUT2D eigenvalue weighted by atomic mass is 10.1. The van der Waals surface area contributed by atoms with E-state index in [9.17, 15) is 15.0 Å². The standard InChI is InChI=1S/C16H17N3O3/c1-10-16(22)15(12(9-20)7-17-10)8-18-13-4-3-5-14(6-13)19-11(2)21/h3-8,20,22H,9H2,1-2H3,(H,19,21). The Kier molecular flexibility index (Phi) is 4.85. The maximum Gasteiger partial charge on any atom is 0.221 e. The van der Waals surface area contributed by atoms with Gasteiger partial charge in [-0.3, -0.25) is 14.8 Å². The van der Waals surface area contributed by atoms with Gasteiger partial charge in [-0.15, -0.1) is 0 Å². The Morgan fingerprint density at radius 1 is 1.45 bits per heavy atom. The van der Waals surface area contributed by atoms with Crippen molar-refractivity contribution in [1.82, 2.24) is 4.98 Å². The maximum atomic E-state index is 11.1. The van der Waals surface area contributed by atoms with Gasteiger partial charge in [0.2, 0.25) is 5.91 Å². The molecule has 0 bridgehead atoms. The van der Waals surface area contributed by atoms with Crippen LogP contribution in [0.2, 0.25) is 0 Å². The van der Waals surface area contributed by atoms with Crippen LogP contribution < -0.4 is 5.32 Å². The molecule has 0 unspecified atom stereocenters. The van der Waals surface area contributed by atoms with Gasteiger partial charge in [-0.05, 0) is 25.1 Å². The molecule has 6 heteroatoms. The van der Waals surface area contributed by atoms with Gasteiger partial charge in [-0.2, -0.15) is 0 Å². The van der Waals surface area contributed by atoms with Crippen molar-refractivity contribution in [3.63, 3.8) is 0 Å². The third kappa shape index (κ3) is 3.67. The number of amides is 1. The van der Waals surface area contributed by atoms with Gasteiger partial charge in [-0.1, -0.05) is 6.07 Å². The predicted molar refractivity (Wildman–Crippen MR) is 84.6 cm³/mol. The number of hydrogen-bond acceptors (Lipinski definition) is 5. The molecule has 0 spiro atoms. The molecule has 0 radical (unpaired) electrons. The van der Waals surface area contributed by atoms with E-state index in [1.54, 1.807) is 31.2 Å². The van der Waals surface area contributed by atoms with Crippen molar-refractivity contribution in [1.29, 1.82) is 0 Å². The van der Waals surface area contributed by atoms with Crippen LogP contribution in [0.15, 0.2) is 35.5 Å². The summed E-state index contributed by atoms with van der Waals surface area (Å²) in [6.45, 7) is 2.86. The summed E-state index contributed by atoms with van der Waals surface area (Å²) in [7, 11) is 0. The number of aliphatic hydroxyl groups is 1. The maximum absolute atomic E-state index is 11.1. The second kappa shape index (κ2) is 6.82. The Balaban J connectivity index is 2.33. The van der Waals surface area contributed by atoms with Crippen molar-refractivity contribution in [2.24, 2.45) is 4.99 Å².